The maximum Gasteiger partial charge on any atom is 0.329 e. The van der Waals surface area contributed by atoms with Gasteiger partial charge in [0.15, 0.2) is 10.9 Å². The number of imidazole rings is 2. The zero-order valence-electron chi connectivity index (χ0n) is 60.8. The molecule has 3 saturated carbocycles. The Kier molecular flexibility index (Phi) is 35.7. The van der Waals surface area contributed by atoms with E-state index in [0.717, 1.165) is 131 Å². The van der Waals surface area contributed by atoms with Crippen LogP contribution in [0.25, 0.3) is 22.1 Å². The fraction of sp³-hybridized carbons (Fsp3) is 0.581. The van der Waals surface area contributed by atoms with Crippen molar-refractivity contribution < 1.29 is 43.7 Å². The summed E-state index contributed by atoms with van der Waals surface area (Å²) < 4.78 is 16.3. The van der Waals surface area contributed by atoms with Crippen molar-refractivity contribution in [1.29, 1.82) is 0 Å². The molecule has 1 unspecified atom stereocenters. The average Bonchev–Trinajstić information content (AvgIpc) is 1.61. The van der Waals surface area contributed by atoms with Gasteiger partial charge in [0, 0.05) is 132 Å². The van der Waals surface area contributed by atoms with Crippen molar-refractivity contribution in [1.82, 2.24) is 49.1 Å². The Balaban J connectivity index is 0.000000194. The van der Waals surface area contributed by atoms with E-state index in [1.54, 1.807) is 62.1 Å². The van der Waals surface area contributed by atoms with Gasteiger partial charge >= 0.3 is 11.7 Å². The number of likely N-dealkylation sites (N-methyl/N-ethyl adjacent to an activating group) is 1. The van der Waals surface area contributed by atoms with Crippen LogP contribution in [0.1, 0.15) is 169 Å². The van der Waals surface area contributed by atoms with Crippen molar-refractivity contribution >= 4 is 116 Å². The number of carbonyl (C=O) groups is 5. The number of Topliss-reactive ketones (excluding diaryl/α,β-unsaturated/α-hetero) is 1. The third-order valence-corrected chi connectivity index (χ3v) is 20.4. The molecular formula is C74H108ClN15O11S2. The van der Waals surface area contributed by atoms with Crippen LogP contribution in [0.2, 0.25) is 5.02 Å². The SMILES string of the molecule is CCN(CCO)C(=O)c1ccc2c(c1)n(CC1CC1)c(=O)n2C1CCCCC1.CCOCCCNC(=O)Nc1ccc(N=CN=CN)c(Cl)c1.COCCn1cnc2cc(NC(=O)C3CCCCC3)cc(C(=O)CCCCSC)c21.Cc1cc(=O)[nH]c(SC(C)C(=O)NCCN2CCC(O)CC2)n1. The molecule has 4 heterocycles. The minimum Gasteiger partial charge on any atom is -0.395 e. The van der Waals surface area contributed by atoms with Gasteiger partial charge in [-0.05, 0) is 165 Å². The Hall–Kier alpha value is -7.44. The van der Waals surface area contributed by atoms with E-state index in [0.29, 0.717) is 109 Å². The van der Waals surface area contributed by atoms with E-state index in [-0.39, 0.29) is 70.7 Å². The van der Waals surface area contributed by atoms with Crippen LogP contribution in [0.15, 0.2) is 85.7 Å². The number of anilines is 2. The normalized spacial score (nSPS) is 15.6. The number of piperidine rings is 1. The number of H-pyrrole nitrogens is 1. The van der Waals surface area contributed by atoms with E-state index in [4.69, 9.17) is 26.8 Å². The third-order valence-electron chi connectivity index (χ3n) is 18.4. The molecule has 0 bridgehead atoms. The lowest BCUT2D eigenvalue weighted by Gasteiger charge is -2.29. The third kappa shape index (κ3) is 26.9. The monoisotopic (exact) mass is 1480 g/mol. The van der Waals surface area contributed by atoms with Crippen LogP contribution in [0.4, 0.5) is 21.9 Å². The van der Waals surface area contributed by atoms with Gasteiger partial charge in [0.2, 0.25) is 11.8 Å². The molecule has 1 atom stereocenters. The Morgan fingerprint density at radius 2 is 1.61 bits per heavy atom. The predicted octanol–water partition coefficient (Wildman–Crippen LogP) is 10.8. The Labute approximate surface area is 617 Å². The van der Waals surface area contributed by atoms with E-state index in [1.165, 1.54) is 62.7 Å². The number of methoxy groups -OCH3 is 1. The van der Waals surface area contributed by atoms with Gasteiger partial charge in [-0.1, -0.05) is 61.9 Å². The number of hydrogen-bond acceptors (Lipinski definition) is 17. The molecule has 564 valence electrons. The number of likely N-dealkylation sites (tertiary alicyclic amines) is 1. The number of nitrogens with zero attached hydrogens (tertiary/aromatic N) is 9. The topological polar surface area (TPSA) is 340 Å². The summed E-state index contributed by atoms with van der Waals surface area (Å²) in [5.41, 5.74) is 12.0. The van der Waals surface area contributed by atoms with Gasteiger partial charge in [0.25, 0.3) is 11.5 Å². The number of hydrogen-bond donors (Lipinski definition) is 8. The summed E-state index contributed by atoms with van der Waals surface area (Å²) in [5, 5.41) is 30.6. The summed E-state index contributed by atoms with van der Waals surface area (Å²) in [5.74, 6) is 1.72. The smallest absolute Gasteiger partial charge is 0.329 e. The van der Waals surface area contributed by atoms with Gasteiger partial charge in [0.05, 0.1) is 70.0 Å². The number of aryl methyl sites for hydroxylation is 1. The molecule has 0 spiro atoms. The predicted molar refractivity (Wildman–Crippen MR) is 413 cm³/mol. The van der Waals surface area contributed by atoms with Crippen molar-refractivity contribution in [2.45, 2.75) is 179 Å². The summed E-state index contributed by atoms with van der Waals surface area (Å²) in [7, 11) is 1.66. The molecule has 1 saturated heterocycles. The minimum absolute atomic E-state index is 0.0493. The lowest BCUT2D eigenvalue weighted by Crippen LogP contribution is -2.42. The highest BCUT2D eigenvalue weighted by atomic mass is 35.5. The van der Waals surface area contributed by atoms with Gasteiger partial charge in [-0.25, -0.2) is 29.5 Å². The lowest BCUT2D eigenvalue weighted by molar-refractivity contribution is -0.121. The van der Waals surface area contributed by atoms with Gasteiger partial charge in [0.1, 0.15) is 6.34 Å². The van der Waals surface area contributed by atoms with Crippen LogP contribution in [0, 0.1) is 18.8 Å². The summed E-state index contributed by atoms with van der Waals surface area (Å²) in [6.45, 7) is 15.1. The fourth-order valence-corrected chi connectivity index (χ4v) is 14.2. The summed E-state index contributed by atoms with van der Waals surface area (Å²) in [4.78, 5) is 110. The molecule has 4 fully saturated rings. The molecule has 4 aliphatic rings. The highest BCUT2D eigenvalue weighted by Gasteiger charge is 2.29. The number of carbonyl (C=O) groups excluding carboxylic acids is 5. The van der Waals surface area contributed by atoms with Gasteiger partial charge in [-0.3, -0.25) is 33.1 Å². The number of urea groups is 1. The Bertz CT molecular complexity index is 3860. The van der Waals surface area contributed by atoms with Gasteiger partial charge < -0.3 is 66.0 Å². The molecule has 26 nitrogen and oxygen atoms in total. The van der Waals surface area contributed by atoms with Crippen molar-refractivity contribution in [2.75, 3.05) is 102 Å². The molecule has 3 aromatic carbocycles. The number of aliphatic hydroxyl groups excluding tert-OH is 2. The van der Waals surface area contributed by atoms with Gasteiger partial charge in [-0.2, -0.15) is 11.8 Å². The fourth-order valence-electron chi connectivity index (χ4n) is 12.6. The van der Waals surface area contributed by atoms with E-state index in [2.05, 4.69) is 57.4 Å². The zero-order chi connectivity index (χ0) is 74.0. The number of rotatable bonds is 32. The van der Waals surface area contributed by atoms with Crippen LogP contribution in [0.5, 0.6) is 0 Å². The Morgan fingerprint density at radius 1 is 0.864 bits per heavy atom. The molecule has 6 aromatic rings. The molecule has 3 aliphatic carbocycles. The summed E-state index contributed by atoms with van der Waals surface area (Å²) in [6.07, 6.45) is 24.2. The lowest BCUT2D eigenvalue weighted by atomic mass is 9.88. The molecule has 103 heavy (non-hydrogen) atoms. The van der Waals surface area contributed by atoms with Crippen LogP contribution in [-0.4, -0.2) is 194 Å². The average molecular weight is 1480 g/mol. The second kappa shape index (κ2) is 44.4. The van der Waals surface area contributed by atoms with Crippen molar-refractivity contribution in [3.05, 3.63) is 104 Å². The number of aliphatic hydroxyl groups is 2. The first-order valence-corrected chi connectivity index (χ1v) is 39.1. The molecular weight excluding hydrogens is 1370 g/mol. The highest BCUT2D eigenvalue weighted by molar-refractivity contribution is 8.00. The quantitative estimate of drug-likeness (QED) is 0.00486. The second-order valence-corrected chi connectivity index (χ2v) is 29.0. The minimum atomic E-state index is -0.330. The number of amides is 5. The molecule has 9 N–H and O–H groups in total. The largest absolute Gasteiger partial charge is 0.395 e. The first kappa shape index (κ1) is 82.8. The summed E-state index contributed by atoms with van der Waals surface area (Å²) >= 11 is 9.11. The van der Waals surface area contributed by atoms with E-state index in [1.807, 2.05) is 57.9 Å². The second-order valence-electron chi connectivity index (χ2n) is 26.3. The van der Waals surface area contributed by atoms with Crippen molar-refractivity contribution in [2.24, 2.45) is 27.6 Å². The number of halogens is 1. The van der Waals surface area contributed by atoms with Crippen LogP contribution >= 0.6 is 35.1 Å². The number of thioether (sulfide) groups is 2. The van der Waals surface area contributed by atoms with Crippen LogP contribution < -0.4 is 38.2 Å². The number of fused-ring (bicyclic) bond motifs is 2. The van der Waals surface area contributed by atoms with E-state index < -0.39 is 0 Å². The van der Waals surface area contributed by atoms with Crippen molar-refractivity contribution in [3.8, 4) is 0 Å². The molecule has 1 aliphatic heterocycles. The standard InChI is InChI=1S/C23H33N3O3S.C22H31N3O3.C15H24N4O3S.C14H20ClN5O2/c1-29-12-11-26-16-24-20-15-18(25-23(28)17-8-4-3-5-9-17)14-19(22(20)26)21(27)10-6-7-13-30-2;1-2-23(12-13-26)21(27)17-10-11-19-20(14-17)24(15-16-8-9-16)22(28)25(19)18-6-4-3-5-7-18;1-10-9-13(21)18-15(17-10)23-11(2)14(22)16-5-8-19-6-3-12(20)4-7-19;1-2-22-7-3-6-18-14(21)20-11-4-5-13(12(15)8-11)19-10-17-9-16/h14-17H,3-13H2,1-2H3,(H,25,28);10-11,14,16,18,26H,2-9,12-13,15H2,1H3;9,11-12,20H,3-8H2,1-2H3,(H,16,22)(H,17,18,21);4-5,8-10H,2-3,6-7H2,1H3,(H2,16,17,19)(H2,18,20,21). The maximum atomic E-state index is 13.3. The number of unbranched alkanes of at least 4 members (excludes halogenated alkanes) is 1. The van der Waals surface area contributed by atoms with Crippen molar-refractivity contribution in [3.63, 3.8) is 0 Å². The van der Waals surface area contributed by atoms with Gasteiger partial charge in [-0.15, -0.1) is 0 Å². The number of aromatic nitrogens is 6. The molecule has 29 heteroatoms. The number of ether oxygens (including phenoxy) is 2. The molecule has 3 aromatic heterocycles. The first-order chi connectivity index (χ1) is 49.9. The number of aliphatic imine (C=N–C) groups is 2. The zero-order valence-corrected chi connectivity index (χ0v) is 63.2. The first-order valence-electron chi connectivity index (χ1n) is 36.4. The Morgan fingerprint density at radius 3 is 2.28 bits per heavy atom. The molecule has 10 rings (SSSR count). The highest BCUT2D eigenvalue weighted by Crippen LogP contribution is 2.35. The van der Waals surface area contributed by atoms with E-state index >= 15 is 0 Å². The molecule has 0 radical (unpaired) electrons. The number of nitrogens with one attached hydrogen (secondary N) is 5. The summed E-state index contributed by atoms with van der Waals surface area (Å²) in [6, 6.07) is 15.8. The maximum absolute atomic E-state index is 13.3. The number of benzene rings is 3. The van der Waals surface area contributed by atoms with Crippen LogP contribution in [0.3, 0.4) is 0 Å². The number of ketones is 1. The number of aromatic amines is 1. The van der Waals surface area contributed by atoms with E-state index in [9.17, 15) is 43.8 Å². The van der Waals surface area contributed by atoms with Crippen LogP contribution in [-0.2, 0) is 32.2 Å². The molecule has 5 amide bonds. The number of nitrogens with two attached hydrogens (primary N) is 1.